The quantitative estimate of drug-likeness (QED) is 0.877. The van der Waals surface area contributed by atoms with Gasteiger partial charge in [0.05, 0.1) is 0 Å². The highest BCUT2D eigenvalue weighted by atomic mass is 32.2. The highest BCUT2D eigenvalue weighted by molar-refractivity contribution is 7.99. The molecule has 1 aliphatic rings. The fourth-order valence-electron chi connectivity index (χ4n) is 2.09. The third-order valence-electron chi connectivity index (χ3n) is 3.14. The molecule has 0 bridgehead atoms. The maximum Gasteiger partial charge on any atom is 0.103 e. The molecule has 0 atom stereocenters. The number of hydrogen-bond donors (Lipinski definition) is 1. The third-order valence-corrected chi connectivity index (χ3v) is 5.70. The van der Waals surface area contributed by atoms with Crippen LogP contribution in [-0.4, -0.2) is 15.8 Å². The number of hydrogen-bond acceptors (Lipinski definition) is 4. The van der Waals surface area contributed by atoms with E-state index in [1.165, 1.54) is 35.6 Å². The Kier molecular flexibility index (Phi) is 5.10. The highest BCUT2D eigenvalue weighted by Crippen LogP contribution is 2.32. The first kappa shape index (κ1) is 14.4. The van der Waals surface area contributed by atoms with Crippen LogP contribution >= 0.6 is 23.1 Å². The van der Waals surface area contributed by atoms with E-state index in [4.69, 9.17) is 0 Å². The van der Waals surface area contributed by atoms with E-state index in [9.17, 15) is 0 Å². The van der Waals surface area contributed by atoms with Gasteiger partial charge >= 0.3 is 0 Å². The Morgan fingerprint density at radius 1 is 1.39 bits per heavy atom. The molecule has 2 rings (SSSR count). The van der Waals surface area contributed by atoms with Gasteiger partial charge in [-0.3, -0.25) is 0 Å². The summed E-state index contributed by atoms with van der Waals surface area (Å²) in [5.41, 5.74) is 0.183. The van der Waals surface area contributed by atoms with E-state index in [1.54, 1.807) is 0 Å². The number of rotatable bonds is 5. The number of thiazole rings is 1. The van der Waals surface area contributed by atoms with Crippen molar-refractivity contribution in [3.8, 4) is 0 Å². The zero-order valence-corrected chi connectivity index (χ0v) is 13.3. The first-order valence-corrected chi connectivity index (χ1v) is 8.70. The number of nitrogens with one attached hydrogen (secondary N) is 1. The van der Waals surface area contributed by atoms with Gasteiger partial charge in [-0.15, -0.1) is 11.3 Å². The molecule has 18 heavy (non-hydrogen) atoms. The molecule has 0 unspecified atom stereocenters. The Hall–Kier alpha value is -0.0600. The van der Waals surface area contributed by atoms with Gasteiger partial charge < -0.3 is 5.32 Å². The van der Waals surface area contributed by atoms with E-state index in [0.717, 1.165) is 17.5 Å². The van der Waals surface area contributed by atoms with Crippen LogP contribution in [0.2, 0.25) is 0 Å². The molecule has 1 aliphatic carbocycles. The van der Waals surface area contributed by atoms with Crippen molar-refractivity contribution in [1.29, 1.82) is 0 Å². The van der Waals surface area contributed by atoms with Crippen molar-refractivity contribution in [3.05, 3.63) is 16.1 Å². The molecule has 1 N–H and O–H groups in total. The summed E-state index contributed by atoms with van der Waals surface area (Å²) in [6.45, 7) is 7.54. The van der Waals surface area contributed by atoms with Crippen LogP contribution in [0.1, 0.15) is 56.3 Å². The first-order valence-electron chi connectivity index (χ1n) is 6.83. The zero-order chi connectivity index (χ0) is 13.0. The summed E-state index contributed by atoms with van der Waals surface area (Å²) in [6, 6.07) is 0. The van der Waals surface area contributed by atoms with Crippen molar-refractivity contribution >= 4 is 23.1 Å². The van der Waals surface area contributed by atoms with Gasteiger partial charge in [0.15, 0.2) is 0 Å². The lowest BCUT2D eigenvalue weighted by atomic mass is 10.1. The lowest BCUT2D eigenvalue weighted by Crippen LogP contribution is -2.34. The molecule has 0 saturated heterocycles. The fraction of sp³-hybridized carbons (Fsp3) is 0.786. The van der Waals surface area contributed by atoms with E-state index in [1.807, 2.05) is 17.5 Å². The Morgan fingerprint density at radius 2 is 2.11 bits per heavy atom. The molecule has 0 aromatic carbocycles. The molecular formula is C14H24N2S2. The fourth-order valence-corrected chi connectivity index (χ4v) is 4.31. The van der Waals surface area contributed by atoms with E-state index in [-0.39, 0.29) is 5.54 Å². The van der Waals surface area contributed by atoms with Crippen LogP contribution in [-0.2, 0) is 12.3 Å². The maximum absolute atomic E-state index is 4.54. The summed E-state index contributed by atoms with van der Waals surface area (Å²) in [6.07, 6.45) is 7.71. The monoisotopic (exact) mass is 284 g/mol. The Bertz CT molecular complexity index is 362. The van der Waals surface area contributed by atoms with Crippen molar-refractivity contribution < 1.29 is 0 Å². The van der Waals surface area contributed by atoms with Gasteiger partial charge in [-0.2, -0.15) is 11.8 Å². The molecule has 0 radical (unpaired) electrons. The van der Waals surface area contributed by atoms with Crippen LogP contribution in [0.4, 0.5) is 0 Å². The summed E-state index contributed by atoms with van der Waals surface area (Å²) in [5, 5.41) is 5.70. The number of thioether (sulfide) groups is 1. The minimum Gasteiger partial charge on any atom is -0.307 e. The number of aromatic nitrogens is 1. The van der Waals surface area contributed by atoms with Crippen LogP contribution < -0.4 is 5.32 Å². The standard InChI is InChI=1S/C14H24N2S2/c1-14(2,3)16-9-12-8-15-13(18-12)10-17-11-6-4-5-7-11/h8,11,16H,4-7,9-10H2,1-3H3. The average molecular weight is 284 g/mol. The lowest BCUT2D eigenvalue weighted by molar-refractivity contribution is 0.426. The Balaban J connectivity index is 1.75. The van der Waals surface area contributed by atoms with Crippen LogP contribution in [0.5, 0.6) is 0 Å². The molecule has 1 fully saturated rings. The van der Waals surface area contributed by atoms with Crippen molar-refractivity contribution in [1.82, 2.24) is 10.3 Å². The molecule has 4 heteroatoms. The molecular weight excluding hydrogens is 260 g/mol. The van der Waals surface area contributed by atoms with Gasteiger partial charge in [0, 0.05) is 34.2 Å². The van der Waals surface area contributed by atoms with Gasteiger partial charge in [0.2, 0.25) is 0 Å². The summed E-state index contributed by atoms with van der Waals surface area (Å²) in [5.74, 6) is 1.10. The van der Waals surface area contributed by atoms with Gasteiger partial charge in [0.25, 0.3) is 0 Å². The summed E-state index contributed by atoms with van der Waals surface area (Å²) in [4.78, 5) is 5.89. The highest BCUT2D eigenvalue weighted by Gasteiger charge is 2.16. The molecule has 0 amide bonds. The zero-order valence-electron chi connectivity index (χ0n) is 11.7. The van der Waals surface area contributed by atoms with Gasteiger partial charge in [0.1, 0.15) is 5.01 Å². The molecule has 1 saturated carbocycles. The van der Waals surface area contributed by atoms with E-state index in [2.05, 4.69) is 42.8 Å². The van der Waals surface area contributed by atoms with Crippen LogP contribution in [0.25, 0.3) is 0 Å². The van der Waals surface area contributed by atoms with E-state index < -0.39 is 0 Å². The topological polar surface area (TPSA) is 24.9 Å². The molecule has 102 valence electrons. The molecule has 2 nitrogen and oxygen atoms in total. The smallest absolute Gasteiger partial charge is 0.103 e. The second-order valence-electron chi connectivity index (χ2n) is 6.04. The first-order chi connectivity index (χ1) is 8.53. The van der Waals surface area contributed by atoms with Gasteiger partial charge in [-0.1, -0.05) is 12.8 Å². The molecule has 0 aliphatic heterocycles. The van der Waals surface area contributed by atoms with Crippen molar-refractivity contribution in [3.63, 3.8) is 0 Å². The van der Waals surface area contributed by atoms with Crippen molar-refractivity contribution in [2.75, 3.05) is 0 Å². The minimum absolute atomic E-state index is 0.183. The molecule has 1 aromatic rings. The maximum atomic E-state index is 4.54. The SMILES string of the molecule is CC(C)(C)NCc1cnc(CSC2CCCC2)s1. The summed E-state index contributed by atoms with van der Waals surface area (Å²) >= 11 is 3.96. The second-order valence-corrected chi connectivity index (χ2v) is 8.53. The molecule has 0 spiro atoms. The summed E-state index contributed by atoms with van der Waals surface area (Å²) < 4.78 is 0. The van der Waals surface area contributed by atoms with Crippen LogP contribution in [0, 0.1) is 0 Å². The van der Waals surface area contributed by atoms with E-state index >= 15 is 0 Å². The van der Waals surface area contributed by atoms with Crippen LogP contribution in [0.15, 0.2) is 6.20 Å². The predicted molar refractivity (Wildman–Crippen MR) is 82.3 cm³/mol. The molecule has 1 aromatic heterocycles. The minimum atomic E-state index is 0.183. The number of nitrogens with zero attached hydrogens (tertiary/aromatic N) is 1. The third kappa shape index (κ3) is 4.90. The van der Waals surface area contributed by atoms with Gasteiger partial charge in [-0.25, -0.2) is 4.98 Å². The van der Waals surface area contributed by atoms with E-state index in [0.29, 0.717) is 0 Å². The largest absolute Gasteiger partial charge is 0.307 e. The van der Waals surface area contributed by atoms with Crippen molar-refractivity contribution in [2.45, 2.75) is 69.5 Å². The summed E-state index contributed by atoms with van der Waals surface area (Å²) in [7, 11) is 0. The van der Waals surface area contributed by atoms with Gasteiger partial charge in [-0.05, 0) is 33.6 Å². The lowest BCUT2D eigenvalue weighted by Gasteiger charge is -2.19. The normalized spacial score (nSPS) is 17.5. The molecule has 1 heterocycles. The predicted octanol–water partition coefficient (Wildman–Crippen LogP) is 4.21. The van der Waals surface area contributed by atoms with Crippen LogP contribution in [0.3, 0.4) is 0 Å². The Labute approximate surface area is 119 Å². The van der Waals surface area contributed by atoms with Crippen molar-refractivity contribution in [2.24, 2.45) is 0 Å². The Morgan fingerprint density at radius 3 is 2.78 bits per heavy atom. The second kappa shape index (κ2) is 6.40. The average Bonchev–Trinajstić information content (AvgIpc) is 2.94.